The van der Waals surface area contributed by atoms with Gasteiger partial charge in [0.05, 0.1) is 7.11 Å². The highest BCUT2D eigenvalue weighted by atomic mass is 16.5. The highest BCUT2D eigenvalue weighted by molar-refractivity contribution is 5.89. The van der Waals surface area contributed by atoms with E-state index in [9.17, 15) is 9.59 Å². The summed E-state index contributed by atoms with van der Waals surface area (Å²) in [6.07, 6.45) is 1.65. The monoisotopic (exact) mass is 292 g/mol. The van der Waals surface area contributed by atoms with E-state index < -0.39 is 5.97 Å². The first kappa shape index (κ1) is 15.2. The number of rotatable bonds is 4. The van der Waals surface area contributed by atoms with Crippen LogP contribution in [0.25, 0.3) is 0 Å². The van der Waals surface area contributed by atoms with Crippen molar-refractivity contribution in [1.29, 1.82) is 0 Å². The lowest BCUT2D eigenvalue weighted by molar-refractivity contribution is -0.138. The molecular weight excluding hydrogens is 272 g/mol. The van der Waals surface area contributed by atoms with Crippen LogP contribution in [0.3, 0.4) is 0 Å². The predicted molar refractivity (Wildman–Crippen MR) is 78.6 cm³/mol. The van der Waals surface area contributed by atoms with Crippen LogP contribution in [0.1, 0.15) is 19.3 Å². The number of anilines is 1. The van der Waals surface area contributed by atoms with Crippen molar-refractivity contribution in [3.8, 4) is 5.75 Å². The van der Waals surface area contributed by atoms with E-state index in [0.717, 1.165) is 12.8 Å². The van der Waals surface area contributed by atoms with Crippen LogP contribution in [-0.2, 0) is 4.79 Å². The average molecular weight is 292 g/mol. The Morgan fingerprint density at radius 1 is 1.38 bits per heavy atom. The standard InChI is InChI=1S/C15H20N2O4/c1-21-13-4-2-3-12(10-13)16-15(20)17-7-5-11(6-8-17)9-14(18)19/h2-4,10-11H,5-9H2,1H3,(H,16,20)(H,18,19). The number of nitrogens with zero attached hydrogens (tertiary/aromatic N) is 1. The molecular formula is C15H20N2O4. The first-order chi connectivity index (χ1) is 10.1. The highest BCUT2D eigenvalue weighted by Gasteiger charge is 2.24. The second-order valence-electron chi connectivity index (χ2n) is 5.19. The molecule has 1 heterocycles. The molecule has 1 aliphatic heterocycles. The Hall–Kier alpha value is -2.24. The van der Waals surface area contributed by atoms with Crippen molar-refractivity contribution in [3.63, 3.8) is 0 Å². The molecule has 0 spiro atoms. The van der Waals surface area contributed by atoms with Crippen molar-refractivity contribution in [2.75, 3.05) is 25.5 Å². The number of piperidine rings is 1. The number of ether oxygens (including phenoxy) is 1. The van der Waals surface area contributed by atoms with Crippen molar-refractivity contribution in [2.24, 2.45) is 5.92 Å². The minimum absolute atomic E-state index is 0.156. The maximum absolute atomic E-state index is 12.2. The number of aliphatic carboxylic acids is 1. The number of carbonyl (C=O) groups is 2. The summed E-state index contributed by atoms with van der Waals surface area (Å²) in [6, 6.07) is 7.03. The number of carboxylic acid groups (broad SMARTS) is 1. The van der Waals surface area contributed by atoms with E-state index in [-0.39, 0.29) is 18.4 Å². The third kappa shape index (κ3) is 4.37. The van der Waals surface area contributed by atoms with Crippen LogP contribution in [0.4, 0.5) is 10.5 Å². The molecule has 21 heavy (non-hydrogen) atoms. The van der Waals surface area contributed by atoms with Crippen molar-refractivity contribution < 1.29 is 19.4 Å². The lowest BCUT2D eigenvalue weighted by Crippen LogP contribution is -2.41. The number of carboxylic acids is 1. The first-order valence-electron chi connectivity index (χ1n) is 7.00. The average Bonchev–Trinajstić information content (AvgIpc) is 2.47. The Kier molecular flexibility index (Phi) is 5.03. The van der Waals surface area contributed by atoms with Gasteiger partial charge in [-0.05, 0) is 30.9 Å². The summed E-state index contributed by atoms with van der Waals surface area (Å²) in [6.45, 7) is 1.18. The summed E-state index contributed by atoms with van der Waals surface area (Å²) >= 11 is 0. The molecule has 0 atom stereocenters. The van der Waals surface area contributed by atoms with Crippen molar-refractivity contribution in [2.45, 2.75) is 19.3 Å². The molecule has 2 rings (SSSR count). The Labute approximate surface area is 123 Å². The normalized spacial score (nSPS) is 15.6. The number of amides is 2. The molecule has 1 aliphatic rings. The fourth-order valence-corrected chi connectivity index (χ4v) is 2.49. The summed E-state index contributed by atoms with van der Waals surface area (Å²) in [5.41, 5.74) is 0.687. The Morgan fingerprint density at radius 3 is 2.71 bits per heavy atom. The first-order valence-corrected chi connectivity index (χ1v) is 7.00. The predicted octanol–water partition coefficient (Wildman–Crippen LogP) is 2.41. The van der Waals surface area contributed by atoms with E-state index in [2.05, 4.69) is 5.32 Å². The Morgan fingerprint density at radius 2 is 2.10 bits per heavy atom. The van der Waals surface area contributed by atoms with E-state index in [1.54, 1.807) is 24.1 Å². The second-order valence-corrected chi connectivity index (χ2v) is 5.19. The van der Waals surface area contributed by atoms with E-state index in [1.807, 2.05) is 12.1 Å². The third-order valence-electron chi connectivity index (χ3n) is 3.69. The quantitative estimate of drug-likeness (QED) is 0.893. The van der Waals surface area contributed by atoms with Crippen LogP contribution in [0.15, 0.2) is 24.3 Å². The van der Waals surface area contributed by atoms with Crippen LogP contribution in [0.2, 0.25) is 0 Å². The zero-order valence-electron chi connectivity index (χ0n) is 12.0. The largest absolute Gasteiger partial charge is 0.497 e. The molecule has 114 valence electrons. The molecule has 0 radical (unpaired) electrons. The lowest BCUT2D eigenvalue weighted by atomic mass is 9.94. The molecule has 1 aromatic rings. The van der Waals surface area contributed by atoms with Gasteiger partial charge in [0.1, 0.15) is 5.75 Å². The van der Waals surface area contributed by atoms with E-state index in [4.69, 9.17) is 9.84 Å². The summed E-state index contributed by atoms with van der Waals surface area (Å²) in [4.78, 5) is 24.6. The molecule has 6 nitrogen and oxygen atoms in total. The number of urea groups is 1. The fraction of sp³-hybridized carbons (Fsp3) is 0.467. The molecule has 1 fully saturated rings. The van der Waals surface area contributed by atoms with Crippen LogP contribution in [0, 0.1) is 5.92 Å². The zero-order chi connectivity index (χ0) is 15.2. The van der Waals surface area contributed by atoms with Gasteiger partial charge in [0.25, 0.3) is 0 Å². The SMILES string of the molecule is COc1cccc(NC(=O)N2CCC(CC(=O)O)CC2)c1. The van der Waals surface area contributed by atoms with E-state index in [1.165, 1.54) is 0 Å². The van der Waals surface area contributed by atoms with Gasteiger partial charge >= 0.3 is 12.0 Å². The Balaban J connectivity index is 1.85. The van der Waals surface area contributed by atoms with Crippen molar-refractivity contribution in [1.82, 2.24) is 4.90 Å². The van der Waals surface area contributed by atoms with Gasteiger partial charge in [0.2, 0.25) is 0 Å². The molecule has 1 aromatic carbocycles. The Bertz CT molecular complexity index is 510. The number of carbonyl (C=O) groups excluding carboxylic acids is 1. The van der Waals surface area contributed by atoms with E-state index >= 15 is 0 Å². The van der Waals surface area contributed by atoms with Gasteiger partial charge in [-0.2, -0.15) is 0 Å². The van der Waals surface area contributed by atoms with Crippen LogP contribution in [-0.4, -0.2) is 42.2 Å². The minimum atomic E-state index is -0.769. The van der Waals surface area contributed by atoms with Gasteiger partial charge in [-0.25, -0.2) is 4.79 Å². The molecule has 6 heteroatoms. The topological polar surface area (TPSA) is 78.9 Å². The summed E-state index contributed by atoms with van der Waals surface area (Å²) < 4.78 is 5.11. The molecule has 0 bridgehead atoms. The third-order valence-corrected chi connectivity index (χ3v) is 3.69. The van der Waals surface area contributed by atoms with Crippen LogP contribution < -0.4 is 10.1 Å². The van der Waals surface area contributed by atoms with E-state index in [0.29, 0.717) is 24.5 Å². The van der Waals surface area contributed by atoms with Crippen LogP contribution in [0.5, 0.6) is 5.75 Å². The van der Waals surface area contributed by atoms with Gasteiger partial charge in [0, 0.05) is 31.3 Å². The number of methoxy groups -OCH3 is 1. The maximum atomic E-state index is 12.2. The molecule has 0 saturated carbocycles. The molecule has 2 N–H and O–H groups in total. The molecule has 0 aromatic heterocycles. The van der Waals surface area contributed by atoms with Crippen molar-refractivity contribution in [3.05, 3.63) is 24.3 Å². The summed E-state index contributed by atoms with van der Waals surface area (Å²) in [5.74, 6) is 0.0885. The molecule has 0 aliphatic carbocycles. The number of likely N-dealkylation sites (tertiary alicyclic amines) is 1. The number of nitrogens with one attached hydrogen (secondary N) is 1. The maximum Gasteiger partial charge on any atom is 0.321 e. The van der Waals surface area contributed by atoms with Crippen molar-refractivity contribution >= 4 is 17.7 Å². The van der Waals surface area contributed by atoms with Gasteiger partial charge in [-0.1, -0.05) is 6.07 Å². The number of hydrogen-bond donors (Lipinski definition) is 2. The summed E-state index contributed by atoms with van der Waals surface area (Å²) in [7, 11) is 1.58. The highest BCUT2D eigenvalue weighted by Crippen LogP contribution is 2.22. The number of benzene rings is 1. The second kappa shape index (κ2) is 6.97. The number of hydrogen-bond acceptors (Lipinski definition) is 3. The van der Waals surface area contributed by atoms with Gasteiger partial charge in [-0.3, -0.25) is 4.79 Å². The smallest absolute Gasteiger partial charge is 0.321 e. The zero-order valence-corrected chi connectivity index (χ0v) is 12.0. The fourth-order valence-electron chi connectivity index (χ4n) is 2.49. The van der Waals surface area contributed by atoms with Gasteiger partial charge in [-0.15, -0.1) is 0 Å². The lowest BCUT2D eigenvalue weighted by Gasteiger charge is -2.31. The minimum Gasteiger partial charge on any atom is -0.497 e. The molecule has 2 amide bonds. The van der Waals surface area contributed by atoms with Crippen LogP contribution >= 0.6 is 0 Å². The molecule has 1 saturated heterocycles. The summed E-state index contributed by atoms with van der Waals surface area (Å²) in [5, 5.41) is 11.6. The molecule has 0 unspecified atom stereocenters. The van der Waals surface area contributed by atoms with Gasteiger partial charge < -0.3 is 20.1 Å². The van der Waals surface area contributed by atoms with Gasteiger partial charge in [0.15, 0.2) is 0 Å².